The number of halogens is 3. The molecule has 0 amide bonds. The van der Waals surface area contributed by atoms with E-state index >= 15 is 0 Å². The van der Waals surface area contributed by atoms with Crippen LogP contribution in [0.1, 0.15) is 0 Å². The van der Waals surface area contributed by atoms with Gasteiger partial charge in [0, 0.05) is 22.5 Å². The first-order valence-corrected chi connectivity index (χ1v) is 7.13. The molecule has 0 aliphatic carbocycles. The number of hydrogen-bond acceptors (Lipinski definition) is 3. The Morgan fingerprint density at radius 1 is 0.727 bits per heavy atom. The van der Waals surface area contributed by atoms with Crippen LogP contribution in [0.4, 0.5) is 11.4 Å². The molecule has 0 aliphatic rings. The Morgan fingerprint density at radius 2 is 1.09 bits per heavy atom. The molecule has 0 bridgehead atoms. The maximum atomic E-state index is 5.79. The monoisotopic (exact) mass is 356 g/mol. The lowest BCUT2D eigenvalue weighted by atomic mass is 10.3. The zero-order chi connectivity index (χ0) is 14.9. The third-order valence-corrected chi connectivity index (χ3v) is 3.02. The highest BCUT2D eigenvalue weighted by atomic mass is 35.5. The Morgan fingerprint density at radius 3 is 1.45 bits per heavy atom. The third-order valence-electron chi connectivity index (χ3n) is 2.52. The van der Waals surface area contributed by atoms with Crippen molar-refractivity contribution in [3.8, 4) is 0 Å². The van der Waals surface area contributed by atoms with E-state index in [4.69, 9.17) is 27.9 Å². The molecule has 0 heterocycles. The molecule has 3 nitrogen and oxygen atoms in total. The van der Waals surface area contributed by atoms with Crippen LogP contribution in [0.3, 0.4) is 0 Å². The summed E-state index contributed by atoms with van der Waals surface area (Å²) in [4.78, 5) is 8.49. The molecule has 0 unspecified atom stereocenters. The van der Waals surface area contributed by atoms with E-state index in [1.807, 2.05) is 24.3 Å². The predicted octanol–water partition coefficient (Wildman–Crippen LogP) is 5.54. The summed E-state index contributed by atoms with van der Waals surface area (Å²) in [6.07, 6.45) is 3.42. The van der Waals surface area contributed by atoms with Gasteiger partial charge in [0.1, 0.15) is 0 Å². The molecule has 0 saturated carbocycles. The van der Waals surface area contributed by atoms with E-state index in [9.17, 15) is 0 Å². The van der Waals surface area contributed by atoms with Gasteiger partial charge < -0.3 is 4.74 Å². The van der Waals surface area contributed by atoms with Crippen molar-refractivity contribution in [1.82, 2.24) is 0 Å². The van der Waals surface area contributed by atoms with Gasteiger partial charge >= 0.3 is 0 Å². The summed E-state index contributed by atoms with van der Waals surface area (Å²) in [6.45, 7) is 0.852. The summed E-state index contributed by atoms with van der Waals surface area (Å²) in [7, 11) is 0. The van der Waals surface area contributed by atoms with Crippen LogP contribution >= 0.6 is 35.6 Å². The van der Waals surface area contributed by atoms with Gasteiger partial charge in [0.05, 0.1) is 24.6 Å². The highest BCUT2D eigenvalue weighted by molar-refractivity contribution is 6.30. The number of aliphatic imine (C=N–C) groups is 2. The Labute approximate surface area is 146 Å². The van der Waals surface area contributed by atoms with Gasteiger partial charge in [-0.15, -0.1) is 12.4 Å². The van der Waals surface area contributed by atoms with E-state index in [2.05, 4.69) is 9.98 Å². The van der Waals surface area contributed by atoms with Gasteiger partial charge in [0.25, 0.3) is 0 Å². The second-order valence-corrected chi connectivity index (χ2v) is 4.99. The van der Waals surface area contributed by atoms with Crippen LogP contribution < -0.4 is 0 Å². The van der Waals surface area contributed by atoms with Gasteiger partial charge in [-0.3, -0.25) is 9.98 Å². The topological polar surface area (TPSA) is 34.0 Å². The van der Waals surface area contributed by atoms with E-state index in [0.717, 1.165) is 11.4 Å². The van der Waals surface area contributed by atoms with Crippen LogP contribution in [0.25, 0.3) is 0 Å². The Bertz CT molecular complexity index is 555. The summed E-state index contributed by atoms with van der Waals surface area (Å²) in [5, 5.41) is 1.40. The van der Waals surface area contributed by atoms with Crippen molar-refractivity contribution in [2.75, 3.05) is 13.2 Å². The maximum absolute atomic E-state index is 5.79. The minimum absolute atomic E-state index is 0. The molecule has 0 atom stereocenters. The molecule has 6 heteroatoms. The second-order valence-electron chi connectivity index (χ2n) is 4.11. The molecule has 0 spiro atoms. The average molecular weight is 358 g/mol. The zero-order valence-electron chi connectivity index (χ0n) is 11.7. The summed E-state index contributed by atoms with van der Waals surface area (Å²) in [5.41, 5.74) is 1.69. The normalized spacial score (nSPS) is 11.0. The van der Waals surface area contributed by atoms with Crippen molar-refractivity contribution >= 4 is 59.4 Å². The van der Waals surface area contributed by atoms with Gasteiger partial charge in [0.2, 0.25) is 0 Å². The highest BCUT2D eigenvalue weighted by Gasteiger charge is 1.89. The summed E-state index contributed by atoms with van der Waals surface area (Å²) in [5.74, 6) is 0. The number of ether oxygens (including phenoxy) is 1. The first-order chi connectivity index (χ1) is 10.2. The standard InChI is InChI=1S/C16H14Cl2N2O.ClH/c17-13-1-5-15(6-2-13)19-9-11-21-12-10-20-16-7-3-14(18)4-8-16;/h1-10H,11-12H2;1H. The average Bonchev–Trinajstić information content (AvgIpc) is 2.50. The highest BCUT2D eigenvalue weighted by Crippen LogP contribution is 2.16. The fraction of sp³-hybridized carbons (Fsp3) is 0.125. The molecule has 0 aromatic heterocycles. The minimum Gasteiger partial charge on any atom is -0.370 e. The van der Waals surface area contributed by atoms with Gasteiger partial charge in [0.15, 0.2) is 0 Å². The molecule has 0 N–H and O–H groups in total. The maximum Gasteiger partial charge on any atom is 0.0824 e. The number of hydrogen-bond donors (Lipinski definition) is 0. The second kappa shape index (κ2) is 10.4. The van der Waals surface area contributed by atoms with Crippen molar-refractivity contribution in [1.29, 1.82) is 0 Å². The smallest absolute Gasteiger partial charge is 0.0824 e. The third kappa shape index (κ3) is 7.05. The molecular weight excluding hydrogens is 343 g/mol. The van der Waals surface area contributed by atoms with Crippen molar-refractivity contribution in [2.45, 2.75) is 0 Å². The Kier molecular flexibility index (Phi) is 8.78. The predicted molar refractivity (Wildman–Crippen MR) is 97.3 cm³/mol. The van der Waals surface area contributed by atoms with Gasteiger partial charge in [-0.1, -0.05) is 23.2 Å². The van der Waals surface area contributed by atoms with E-state index in [0.29, 0.717) is 23.3 Å². The SMILES string of the molecule is Cl.Clc1ccc(N=CCOCC=Nc2ccc(Cl)cc2)cc1. The number of benzene rings is 2. The minimum atomic E-state index is 0. The molecule has 2 aromatic carbocycles. The molecule has 0 aliphatic heterocycles. The zero-order valence-corrected chi connectivity index (χ0v) is 14.0. The summed E-state index contributed by atoms with van der Waals surface area (Å²) in [6, 6.07) is 14.6. The lowest BCUT2D eigenvalue weighted by Gasteiger charge is -1.96. The van der Waals surface area contributed by atoms with Crippen LogP contribution in [-0.4, -0.2) is 25.6 Å². The Balaban J connectivity index is 0.00000242. The van der Waals surface area contributed by atoms with Crippen molar-refractivity contribution in [2.24, 2.45) is 9.98 Å². The van der Waals surface area contributed by atoms with Crippen LogP contribution in [0.2, 0.25) is 10.0 Å². The van der Waals surface area contributed by atoms with Crippen LogP contribution in [-0.2, 0) is 4.74 Å². The van der Waals surface area contributed by atoms with Crippen molar-refractivity contribution in [3.63, 3.8) is 0 Å². The molecule has 22 heavy (non-hydrogen) atoms. The first-order valence-electron chi connectivity index (χ1n) is 6.38. The van der Waals surface area contributed by atoms with E-state index in [1.165, 1.54) is 0 Å². The van der Waals surface area contributed by atoms with E-state index in [-0.39, 0.29) is 12.4 Å². The van der Waals surface area contributed by atoms with Gasteiger partial charge in [-0.2, -0.15) is 0 Å². The molecule has 2 aromatic rings. The van der Waals surface area contributed by atoms with Crippen LogP contribution in [0, 0.1) is 0 Å². The molecular formula is C16H15Cl3N2O. The Hall–Kier alpha value is -1.39. The number of rotatable bonds is 6. The van der Waals surface area contributed by atoms with Crippen molar-refractivity contribution in [3.05, 3.63) is 58.6 Å². The quantitative estimate of drug-likeness (QED) is 0.494. The summed E-state index contributed by atoms with van der Waals surface area (Å²) < 4.78 is 5.37. The fourth-order valence-corrected chi connectivity index (χ4v) is 1.77. The molecule has 2 rings (SSSR count). The molecule has 0 radical (unpaired) electrons. The molecule has 116 valence electrons. The van der Waals surface area contributed by atoms with E-state index < -0.39 is 0 Å². The van der Waals surface area contributed by atoms with Crippen LogP contribution in [0.15, 0.2) is 58.5 Å². The first kappa shape index (κ1) is 18.7. The lowest BCUT2D eigenvalue weighted by Crippen LogP contribution is -1.98. The van der Waals surface area contributed by atoms with Crippen molar-refractivity contribution < 1.29 is 4.74 Å². The number of nitrogens with zero attached hydrogens (tertiary/aromatic N) is 2. The fourth-order valence-electron chi connectivity index (χ4n) is 1.51. The largest absolute Gasteiger partial charge is 0.370 e. The van der Waals surface area contributed by atoms with E-state index in [1.54, 1.807) is 36.7 Å². The lowest BCUT2D eigenvalue weighted by molar-refractivity contribution is 0.220. The molecule has 0 fully saturated rings. The van der Waals surface area contributed by atoms with Gasteiger partial charge in [-0.05, 0) is 48.5 Å². The summed E-state index contributed by atoms with van der Waals surface area (Å²) >= 11 is 11.6. The van der Waals surface area contributed by atoms with Gasteiger partial charge in [-0.25, -0.2) is 0 Å². The molecule has 0 saturated heterocycles. The van der Waals surface area contributed by atoms with Crippen LogP contribution in [0.5, 0.6) is 0 Å².